The van der Waals surface area contributed by atoms with Crippen LogP contribution in [0.2, 0.25) is 0 Å². The third-order valence-corrected chi connectivity index (χ3v) is 2.81. The minimum Gasteiger partial charge on any atom is -0.476 e. The summed E-state index contributed by atoms with van der Waals surface area (Å²) < 4.78 is 49.1. The van der Waals surface area contributed by atoms with Crippen LogP contribution in [0.25, 0.3) is 0 Å². The minimum atomic E-state index is -4.42. The molecule has 0 fully saturated rings. The zero-order valence-electron chi connectivity index (χ0n) is 7.12. The summed E-state index contributed by atoms with van der Waals surface area (Å²) in [4.78, 5) is 9.52. The van der Waals surface area contributed by atoms with Crippen LogP contribution in [0.3, 0.4) is 0 Å². The molecule has 1 unspecified atom stereocenters. The Hall–Kier alpha value is -1.37. The van der Waals surface area contributed by atoms with Crippen LogP contribution in [-0.4, -0.2) is 20.5 Å². The van der Waals surface area contributed by atoms with E-state index in [1.54, 1.807) is 0 Å². The largest absolute Gasteiger partial charge is 0.476 e. The maximum atomic E-state index is 12.7. The normalized spacial score (nSPS) is 13.5. The van der Waals surface area contributed by atoms with Crippen molar-refractivity contribution in [3.05, 3.63) is 30.1 Å². The first kappa shape index (κ1) is 11.7. The van der Waals surface area contributed by atoms with Crippen LogP contribution in [0.1, 0.15) is 0 Å². The van der Waals surface area contributed by atoms with Gasteiger partial charge in [0.2, 0.25) is 0 Å². The summed E-state index contributed by atoms with van der Waals surface area (Å²) in [5.74, 6) is -3.37. The molecule has 0 aliphatic carbocycles. The van der Waals surface area contributed by atoms with Gasteiger partial charge in [-0.3, -0.25) is 0 Å². The van der Waals surface area contributed by atoms with Crippen molar-refractivity contribution in [1.29, 1.82) is 0 Å². The van der Waals surface area contributed by atoms with Crippen molar-refractivity contribution in [2.45, 2.75) is 10.2 Å². The Morgan fingerprint density at radius 3 is 2.47 bits per heavy atom. The van der Waals surface area contributed by atoms with Crippen molar-refractivity contribution in [1.82, 2.24) is 0 Å². The van der Waals surface area contributed by atoms with Crippen molar-refractivity contribution in [3.63, 3.8) is 0 Å². The van der Waals surface area contributed by atoms with Crippen molar-refractivity contribution in [2.75, 3.05) is 0 Å². The summed E-state index contributed by atoms with van der Waals surface area (Å²) >= 11 is 0. The molecule has 1 aromatic carbocycles. The van der Waals surface area contributed by atoms with E-state index in [1.165, 1.54) is 0 Å². The predicted octanol–water partition coefficient (Wildman–Crippen LogP) is 1.61. The average Bonchev–Trinajstić information content (AvgIpc) is 2.16. The number of aliphatic carboxylic acids is 1. The van der Waals surface area contributed by atoms with E-state index in [2.05, 4.69) is 0 Å². The van der Waals surface area contributed by atoms with E-state index >= 15 is 0 Å². The molecule has 1 N–H and O–H groups in total. The van der Waals surface area contributed by atoms with Crippen LogP contribution in [0.15, 0.2) is 29.2 Å². The third kappa shape index (κ3) is 2.35. The number of carboxylic acids is 1. The molecule has 1 rings (SSSR count). The van der Waals surface area contributed by atoms with Crippen LogP contribution < -0.4 is 0 Å². The number of carboxylic acid groups (broad SMARTS) is 1. The van der Waals surface area contributed by atoms with Gasteiger partial charge in [-0.1, -0.05) is 6.07 Å². The van der Waals surface area contributed by atoms with Crippen molar-refractivity contribution < 1.29 is 27.3 Å². The van der Waals surface area contributed by atoms with Gasteiger partial charge in [-0.2, -0.15) is 8.78 Å². The van der Waals surface area contributed by atoms with Gasteiger partial charge in [0.05, 0.1) is 0 Å². The van der Waals surface area contributed by atoms with Gasteiger partial charge in [0.1, 0.15) is 16.6 Å². The van der Waals surface area contributed by atoms with Crippen LogP contribution in [-0.2, 0) is 15.6 Å². The molecule has 0 amide bonds. The molecule has 0 radical (unpaired) electrons. The van der Waals surface area contributed by atoms with Gasteiger partial charge in [0.15, 0.2) is 0 Å². The minimum absolute atomic E-state index is 0.567. The summed E-state index contributed by atoms with van der Waals surface area (Å²) in [5.41, 5.74) is 0. The highest BCUT2D eigenvalue weighted by Gasteiger charge is 2.46. The molecule has 1 atom stereocenters. The van der Waals surface area contributed by atoms with Gasteiger partial charge >= 0.3 is 11.2 Å². The Morgan fingerprint density at radius 2 is 2.00 bits per heavy atom. The fraction of sp³-hybridized carbons (Fsp3) is 0.125. The number of rotatable bonds is 3. The molecule has 0 aromatic heterocycles. The SMILES string of the molecule is O=C(O)C(F)(F)S(=O)c1cccc(F)c1. The molecule has 0 saturated heterocycles. The average molecular weight is 238 g/mol. The molecular formula is C8H5F3O3S. The highest BCUT2D eigenvalue weighted by molar-refractivity contribution is 7.87. The van der Waals surface area contributed by atoms with Gasteiger partial charge in [-0.25, -0.2) is 13.4 Å². The fourth-order valence-corrected chi connectivity index (χ4v) is 1.69. The van der Waals surface area contributed by atoms with Gasteiger partial charge < -0.3 is 5.11 Å². The quantitative estimate of drug-likeness (QED) is 0.870. The highest BCUT2D eigenvalue weighted by atomic mass is 32.2. The van der Waals surface area contributed by atoms with Crippen LogP contribution in [0.5, 0.6) is 0 Å². The topological polar surface area (TPSA) is 54.4 Å². The second kappa shape index (κ2) is 4.01. The number of carbonyl (C=O) groups is 1. The first-order chi connectivity index (χ1) is 6.85. The lowest BCUT2D eigenvalue weighted by molar-refractivity contribution is -0.153. The van der Waals surface area contributed by atoms with E-state index < -0.39 is 32.7 Å². The Labute approximate surface area is 85.0 Å². The van der Waals surface area contributed by atoms with Crippen molar-refractivity contribution >= 4 is 16.8 Å². The van der Waals surface area contributed by atoms with Crippen LogP contribution in [0.4, 0.5) is 13.2 Å². The first-order valence-electron chi connectivity index (χ1n) is 3.64. The van der Waals surface area contributed by atoms with E-state index in [1.807, 2.05) is 0 Å². The molecule has 3 nitrogen and oxygen atoms in total. The van der Waals surface area contributed by atoms with E-state index in [0.717, 1.165) is 18.2 Å². The molecule has 15 heavy (non-hydrogen) atoms. The van der Waals surface area contributed by atoms with Crippen LogP contribution >= 0.6 is 0 Å². The van der Waals surface area contributed by atoms with Crippen molar-refractivity contribution in [3.8, 4) is 0 Å². The molecule has 0 bridgehead atoms. The Balaban J connectivity index is 3.10. The molecule has 0 heterocycles. The van der Waals surface area contributed by atoms with Crippen LogP contribution in [0, 0.1) is 5.82 Å². The number of hydrogen-bond acceptors (Lipinski definition) is 2. The van der Waals surface area contributed by atoms with E-state index in [9.17, 15) is 22.2 Å². The Bertz CT molecular complexity index is 419. The highest BCUT2D eigenvalue weighted by Crippen LogP contribution is 2.25. The summed E-state index contributed by atoms with van der Waals surface area (Å²) in [6.07, 6.45) is 0. The molecule has 0 aliphatic heterocycles. The summed E-state index contributed by atoms with van der Waals surface area (Å²) in [7, 11) is -3.11. The maximum Gasteiger partial charge on any atom is 0.419 e. The summed E-state index contributed by atoms with van der Waals surface area (Å²) in [6, 6.07) is 3.61. The second-order valence-corrected chi connectivity index (χ2v) is 4.07. The summed E-state index contributed by atoms with van der Waals surface area (Å²) in [6.45, 7) is 0. The van der Waals surface area contributed by atoms with Gasteiger partial charge in [0.25, 0.3) is 0 Å². The zero-order valence-corrected chi connectivity index (χ0v) is 7.93. The first-order valence-corrected chi connectivity index (χ1v) is 4.79. The third-order valence-electron chi connectivity index (χ3n) is 1.49. The molecule has 0 spiro atoms. The lowest BCUT2D eigenvalue weighted by atomic mass is 10.4. The van der Waals surface area contributed by atoms with E-state index in [0.29, 0.717) is 6.07 Å². The maximum absolute atomic E-state index is 12.7. The molecular weight excluding hydrogens is 233 g/mol. The number of benzene rings is 1. The van der Waals surface area contributed by atoms with Crippen molar-refractivity contribution in [2.24, 2.45) is 0 Å². The lowest BCUT2D eigenvalue weighted by Gasteiger charge is -2.10. The number of alkyl halides is 2. The fourth-order valence-electron chi connectivity index (χ4n) is 0.810. The predicted molar refractivity (Wildman–Crippen MR) is 45.4 cm³/mol. The monoisotopic (exact) mass is 238 g/mol. The van der Waals surface area contributed by atoms with E-state index in [4.69, 9.17) is 5.11 Å². The Morgan fingerprint density at radius 1 is 1.40 bits per heavy atom. The smallest absolute Gasteiger partial charge is 0.419 e. The second-order valence-electron chi connectivity index (χ2n) is 2.55. The molecule has 7 heteroatoms. The number of halogens is 3. The summed E-state index contributed by atoms with van der Waals surface area (Å²) in [5, 5.41) is 3.68. The molecule has 82 valence electrons. The van der Waals surface area contributed by atoms with E-state index in [-0.39, 0.29) is 0 Å². The molecule has 1 aromatic rings. The van der Waals surface area contributed by atoms with Gasteiger partial charge in [0, 0.05) is 4.90 Å². The lowest BCUT2D eigenvalue weighted by Crippen LogP contribution is -2.33. The Kier molecular flexibility index (Phi) is 3.13. The van der Waals surface area contributed by atoms with Gasteiger partial charge in [-0.05, 0) is 18.2 Å². The molecule has 0 saturated carbocycles. The molecule has 0 aliphatic rings. The standard InChI is InChI=1S/C8H5F3O3S/c9-5-2-1-3-6(4-5)15(14)8(10,11)7(12)13/h1-4H,(H,12,13). The van der Waals surface area contributed by atoms with Gasteiger partial charge in [-0.15, -0.1) is 0 Å². The zero-order chi connectivity index (χ0) is 11.6. The number of hydrogen-bond donors (Lipinski definition) is 1.